The highest BCUT2D eigenvalue weighted by atomic mass is 16.6. The first-order chi connectivity index (χ1) is 18.6. The van der Waals surface area contributed by atoms with Crippen molar-refractivity contribution in [1.29, 1.82) is 0 Å². The molecule has 1 saturated carbocycles. The summed E-state index contributed by atoms with van der Waals surface area (Å²) in [6, 6.07) is 29.2. The largest absolute Gasteiger partial charge is 0.497 e. The number of carbonyl (C=O) groups is 2. The molecule has 0 heterocycles. The quantitative estimate of drug-likeness (QED) is 0.183. The third-order valence-electron chi connectivity index (χ3n) is 7.38. The molecule has 0 amide bonds. The van der Waals surface area contributed by atoms with Crippen LogP contribution in [0, 0.1) is 0 Å². The van der Waals surface area contributed by atoms with Gasteiger partial charge in [-0.2, -0.15) is 0 Å². The van der Waals surface area contributed by atoms with Crippen LogP contribution >= 0.6 is 0 Å². The summed E-state index contributed by atoms with van der Waals surface area (Å²) < 4.78 is 17.1. The van der Waals surface area contributed by atoms with Crippen LogP contribution in [0.3, 0.4) is 0 Å². The summed E-state index contributed by atoms with van der Waals surface area (Å²) in [7, 11) is 1.63. The Labute approximate surface area is 220 Å². The number of benzene rings is 5. The Balaban J connectivity index is 1.18. The number of rotatable bonds is 5. The maximum absolute atomic E-state index is 13.1. The normalized spacial score (nSPS) is 17.4. The molecule has 0 radical (unpaired) electrons. The SMILES string of the molecule is COc1ccc2cc(C(=O)O[C@@H]3CCCC[C@H]3OC(=O)c3ccc4cc5ccccc5cc4c3)ccc2c1. The van der Waals surface area contributed by atoms with Crippen LogP contribution in [0.2, 0.25) is 0 Å². The van der Waals surface area contributed by atoms with Crippen molar-refractivity contribution in [3.63, 3.8) is 0 Å². The van der Waals surface area contributed by atoms with Gasteiger partial charge in [-0.05, 0) is 107 Å². The fraction of sp³-hybridized carbons (Fsp3) is 0.212. The monoisotopic (exact) mass is 504 g/mol. The summed E-state index contributed by atoms with van der Waals surface area (Å²) >= 11 is 0. The van der Waals surface area contributed by atoms with Crippen LogP contribution in [0.5, 0.6) is 5.75 Å². The first kappa shape index (κ1) is 24.0. The lowest BCUT2D eigenvalue weighted by Crippen LogP contribution is -2.37. The van der Waals surface area contributed by atoms with E-state index >= 15 is 0 Å². The highest BCUT2D eigenvalue weighted by Crippen LogP contribution is 2.29. The Morgan fingerprint density at radius 3 is 1.66 bits per heavy atom. The molecule has 0 aliphatic heterocycles. The van der Waals surface area contributed by atoms with Crippen LogP contribution in [0.25, 0.3) is 32.3 Å². The van der Waals surface area contributed by atoms with Gasteiger partial charge in [-0.3, -0.25) is 0 Å². The standard InChI is InChI=1S/C33H28O5/c1-36-29-15-14-23-17-26(13-11-25(23)20-29)32(34)37-30-8-4-5-9-31(30)38-33(35)27-12-10-24-16-21-6-2-3-7-22(21)18-28(24)19-27/h2-3,6-7,10-20,30-31H,4-5,8-9H2,1H3/t30-,31-/m1/s1. The molecule has 38 heavy (non-hydrogen) atoms. The fourth-order valence-electron chi connectivity index (χ4n) is 5.29. The van der Waals surface area contributed by atoms with E-state index in [-0.39, 0.29) is 0 Å². The predicted octanol–water partition coefficient (Wildman–Crippen LogP) is 7.48. The Hall–Kier alpha value is -4.38. The fourth-order valence-corrected chi connectivity index (χ4v) is 5.29. The van der Waals surface area contributed by atoms with E-state index in [0.29, 0.717) is 24.0 Å². The molecular formula is C33H28O5. The highest BCUT2D eigenvalue weighted by molar-refractivity contribution is 6.02. The Morgan fingerprint density at radius 2 is 1.05 bits per heavy atom. The third-order valence-corrected chi connectivity index (χ3v) is 7.38. The first-order valence-corrected chi connectivity index (χ1v) is 13.0. The van der Waals surface area contributed by atoms with Crippen LogP contribution in [0.1, 0.15) is 46.4 Å². The minimum Gasteiger partial charge on any atom is -0.497 e. The predicted molar refractivity (Wildman–Crippen MR) is 149 cm³/mol. The summed E-state index contributed by atoms with van der Waals surface area (Å²) in [4.78, 5) is 26.2. The van der Waals surface area contributed by atoms with Crippen LogP contribution in [0.4, 0.5) is 0 Å². The molecule has 0 N–H and O–H groups in total. The summed E-state index contributed by atoms with van der Waals surface area (Å²) in [6.45, 7) is 0. The molecule has 1 aliphatic rings. The van der Waals surface area contributed by atoms with Crippen molar-refractivity contribution < 1.29 is 23.8 Å². The van der Waals surface area contributed by atoms with Gasteiger partial charge in [0.05, 0.1) is 18.2 Å². The maximum Gasteiger partial charge on any atom is 0.338 e. The topological polar surface area (TPSA) is 61.8 Å². The molecule has 0 bridgehead atoms. The second-order valence-corrected chi connectivity index (χ2v) is 9.86. The van der Waals surface area contributed by atoms with Gasteiger partial charge in [0.1, 0.15) is 18.0 Å². The number of hydrogen-bond acceptors (Lipinski definition) is 5. The van der Waals surface area contributed by atoms with Crippen LogP contribution in [0.15, 0.2) is 91.0 Å². The highest BCUT2D eigenvalue weighted by Gasteiger charge is 2.32. The molecule has 5 heteroatoms. The summed E-state index contributed by atoms with van der Waals surface area (Å²) in [5.41, 5.74) is 0.966. The minimum atomic E-state index is -0.476. The van der Waals surface area contributed by atoms with Crippen molar-refractivity contribution in [1.82, 2.24) is 0 Å². The third kappa shape index (κ3) is 4.80. The van der Waals surface area contributed by atoms with E-state index in [0.717, 1.165) is 50.9 Å². The average molecular weight is 505 g/mol. The smallest absolute Gasteiger partial charge is 0.338 e. The van der Waals surface area contributed by atoms with E-state index in [9.17, 15) is 9.59 Å². The lowest BCUT2D eigenvalue weighted by molar-refractivity contribution is -0.0514. The molecule has 6 rings (SSSR count). The molecule has 0 unspecified atom stereocenters. The maximum atomic E-state index is 13.1. The zero-order valence-electron chi connectivity index (χ0n) is 21.2. The first-order valence-electron chi connectivity index (χ1n) is 13.0. The molecule has 2 atom stereocenters. The van der Waals surface area contributed by atoms with Crippen molar-refractivity contribution in [2.75, 3.05) is 7.11 Å². The summed E-state index contributed by atoms with van der Waals surface area (Å²) in [5.74, 6) is -0.0413. The van der Waals surface area contributed by atoms with Gasteiger partial charge in [-0.15, -0.1) is 0 Å². The number of hydrogen-bond donors (Lipinski definition) is 0. The van der Waals surface area contributed by atoms with Gasteiger partial charge in [0.15, 0.2) is 0 Å². The zero-order valence-corrected chi connectivity index (χ0v) is 21.2. The van der Waals surface area contributed by atoms with Crippen LogP contribution < -0.4 is 4.74 Å². The van der Waals surface area contributed by atoms with Gasteiger partial charge >= 0.3 is 11.9 Å². The number of esters is 2. The van der Waals surface area contributed by atoms with Crippen LogP contribution in [-0.2, 0) is 9.47 Å². The molecule has 0 aromatic heterocycles. The van der Waals surface area contributed by atoms with Crippen molar-refractivity contribution >= 4 is 44.3 Å². The Morgan fingerprint density at radius 1 is 0.579 bits per heavy atom. The van der Waals surface area contributed by atoms with Crippen molar-refractivity contribution in [3.8, 4) is 5.75 Å². The zero-order chi connectivity index (χ0) is 26.1. The van der Waals surface area contributed by atoms with Gasteiger partial charge < -0.3 is 14.2 Å². The molecule has 190 valence electrons. The van der Waals surface area contributed by atoms with E-state index < -0.39 is 24.1 Å². The van der Waals surface area contributed by atoms with E-state index in [1.807, 2.05) is 54.6 Å². The minimum absolute atomic E-state index is 0.396. The molecule has 5 nitrogen and oxygen atoms in total. The van der Waals surface area contributed by atoms with Gasteiger partial charge in [-0.1, -0.05) is 42.5 Å². The molecule has 5 aromatic carbocycles. The Kier molecular flexibility index (Phi) is 6.42. The number of methoxy groups -OCH3 is 1. The molecule has 1 fully saturated rings. The molecule has 0 spiro atoms. The molecular weight excluding hydrogens is 476 g/mol. The number of carbonyl (C=O) groups excluding carboxylic acids is 2. The van der Waals surface area contributed by atoms with E-state index in [4.69, 9.17) is 14.2 Å². The molecule has 5 aromatic rings. The van der Waals surface area contributed by atoms with Gasteiger partial charge in [0, 0.05) is 0 Å². The second-order valence-electron chi connectivity index (χ2n) is 9.86. The summed E-state index contributed by atoms with van der Waals surface area (Å²) in [5, 5.41) is 6.24. The Bertz CT molecular complexity index is 1670. The van der Waals surface area contributed by atoms with Crippen molar-refractivity contribution in [3.05, 3.63) is 102 Å². The van der Waals surface area contributed by atoms with Gasteiger partial charge in [0.25, 0.3) is 0 Å². The summed E-state index contributed by atoms with van der Waals surface area (Å²) in [6.07, 6.45) is 2.23. The lowest BCUT2D eigenvalue weighted by Gasteiger charge is -2.30. The number of fused-ring (bicyclic) bond motifs is 3. The van der Waals surface area contributed by atoms with E-state index in [2.05, 4.69) is 24.3 Å². The van der Waals surface area contributed by atoms with Crippen molar-refractivity contribution in [2.45, 2.75) is 37.9 Å². The van der Waals surface area contributed by atoms with Gasteiger partial charge in [-0.25, -0.2) is 9.59 Å². The van der Waals surface area contributed by atoms with Gasteiger partial charge in [0.2, 0.25) is 0 Å². The van der Waals surface area contributed by atoms with E-state index in [1.54, 1.807) is 19.2 Å². The average Bonchev–Trinajstić information content (AvgIpc) is 2.96. The lowest BCUT2D eigenvalue weighted by atomic mass is 9.94. The molecule has 1 aliphatic carbocycles. The molecule has 0 saturated heterocycles. The van der Waals surface area contributed by atoms with Crippen LogP contribution in [-0.4, -0.2) is 31.3 Å². The number of ether oxygens (including phenoxy) is 3. The van der Waals surface area contributed by atoms with E-state index in [1.165, 1.54) is 0 Å². The van der Waals surface area contributed by atoms with Crippen molar-refractivity contribution in [2.24, 2.45) is 0 Å². The second kappa shape index (κ2) is 10.2.